The van der Waals surface area contributed by atoms with Crippen LogP contribution in [0.4, 0.5) is 0 Å². The molecule has 0 aliphatic rings. The minimum atomic E-state index is -1.89. The Morgan fingerprint density at radius 2 is 1.58 bits per heavy atom. The van der Waals surface area contributed by atoms with Crippen molar-refractivity contribution in [3.8, 4) is 5.75 Å². The Morgan fingerprint density at radius 3 is 2.17 bits per heavy atom. The first-order valence-corrected chi connectivity index (χ1v) is 12.7. The molecule has 5 nitrogen and oxygen atoms in total. The number of rotatable bonds is 8. The summed E-state index contributed by atoms with van der Waals surface area (Å²) >= 11 is 14.3. The molecule has 0 aliphatic carbocycles. The maximum atomic E-state index is 13.1. The molecule has 0 aromatic heterocycles. The van der Waals surface area contributed by atoms with E-state index in [9.17, 15) is 9.90 Å². The quantitative estimate of drug-likeness (QED) is 0.132. The molecule has 1 amide bonds. The number of hydrogen-bond acceptors (Lipinski definition) is 4. The fourth-order valence-electron chi connectivity index (χ4n) is 3.54. The van der Waals surface area contributed by atoms with Crippen LogP contribution < -0.4 is 10.2 Å². The van der Waals surface area contributed by atoms with Crippen LogP contribution in [0, 0.1) is 3.57 Å². The van der Waals surface area contributed by atoms with Gasteiger partial charge in [-0.1, -0.05) is 89.9 Å². The number of nitrogens with zero attached hydrogens (tertiary/aromatic N) is 1. The highest BCUT2D eigenvalue weighted by molar-refractivity contribution is 14.1. The third-order valence-electron chi connectivity index (χ3n) is 5.45. The van der Waals surface area contributed by atoms with Gasteiger partial charge in [-0.25, -0.2) is 5.43 Å². The summed E-state index contributed by atoms with van der Waals surface area (Å²) in [7, 11) is 0. The first-order chi connectivity index (χ1) is 17.4. The Labute approximate surface area is 232 Å². The fraction of sp³-hybridized carbons (Fsp3) is 0.0714. The predicted molar refractivity (Wildman–Crippen MR) is 152 cm³/mol. The first kappa shape index (κ1) is 26.2. The molecule has 0 fully saturated rings. The van der Waals surface area contributed by atoms with Crippen molar-refractivity contribution in [2.75, 3.05) is 0 Å². The van der Waals surface area contributed by atoms with Crippen LogP contribution in [0.1, 0.15) is 22.3 Å². The maximum Gasteiger partial charge on any atom is 0.281 e. The highest BCUT2D eigenvalue weighted by Crippen LogP contribution is 2.30. The van der Waals surface area contributed by atoms with Gasteiger partial charge in [0.2, 0.25) is 0 Å². The van der Waals surface area contributed by atoms with Gasteiger partial charge in [-0.3, -0.25) is 4.79 Å². The van der Waals surface area contributed by atoms with Crippen LogP contribution in [0.15, 0.2) is 102 Å². The lowest BCUT2D eigenvalue weighted by Crippen LogP contribution is -2.43. The van der Waals surface area contributed by atoms with Gasteiger partial charge >= 0.3 is 0 Å². The van der Waals surface area contributed by atoms with E-state index in [2.05, 4.69) is 33.1 Å². The van der Waals surface area contributed by atoms with E-state index >= 15 is 0 Å². The van der Waals surface area contributed by atoms with E-state index in [-0.39, 0.29) is 0 Å². The summed E-state index contributed by atoms with van der Waals surface area (Å²) in [6, 6.07) is 28.3. The van der Waals surface area contributed by atoms with Gasteiger partial charge in [-0.05, 0) is 69.6 Å². The summed E-state index contributed by atoms with van der Waals surface area (Å²) in [6.07, 6.45) is 1.51. The molecule has 0 heterocycles. The molecule has 2 N–H and O–H groups in total. The lowest BCUT2D eigenvalue weighted by atomic mass is 9.85. The molecule has 4 aromatic carbocycles. The molecule has 4 rings (SSSR count). The van der Waals surface area contributed by atoms with Crippen molar-refractivity contribution in [2.24, 2.45) is 5.10 Å². The molecule has 8 heteroatoms. The molecule has 0 bridgehead atoms. The van der Waals surface area contributed by atoms with Crippen molar-refractivity contribution in [2.45, 2.75) is 12.2 Å². The van der Waals surface area contributed by atoms with Crippen molar-refractivity contribution in [1.82, 2.24) is 5.43 Å². The molecule has 0 spiro atoms. The van der Waals surface area contributed by atoms with Crippen molar-refractivity contribution in [3.05, 3.63) is 133 Å². The molecule has 4 aromatic rings. The van der Waals surface area contributed by atoms with Crippen LogP contribution in [0.3, 0.4) is 0 Å². The summed E-state index contributed by atoms with van der Waals surface area (Å²) < 4.78 is 6.76. The van der Waals surface area contributed by atoms with Gasteiger partial charge in [0.25, 0.3) is 5.91 Å². The highest BCUT2D eigenvalue weighted by atomic mass is 127. The second-order valence-corrected chi connectivity index (χ2v) is 9.86. The Morgan fingerprint density at radius 1 is 0.944 bits per heavy atom. The summed E-state index contributed by atoms with van der Waals surface area (Å²) in [4.78, 5) is 13.1. The van der Waals surface area contributed by atoms with Crippen LogP contribution in [-0.4, -0.2) is 17.2 Å². The lowest BCUT2D eigenvalue weighted by Gasteiger charge is -2.27. The molecular formula is C28H21Cl2IN2O3. The molecule has 0 atom stereocenters. The number of halogens is 3. The molecule has 0 aliphatic heterocycles. The van der Waals surface area contributed by atoms with Gasteiger partial charge in [-0.15, -0.1) is 0 Å². The normalized spacial score (nSPS) is 11.4. The van der Waals surface area contributed by atoms with Crippen molar-refractivity contribution >= 4 is 57.9 Å². The topological polar surface area (TPSA) is 70.9 Å². The summed E-state index contributed by atoms with van der Waals surface area (Å²) in [5.74, 6) is 0.0241. The van der Waals surface area contributed by atoms with Gasteiger partial charge in [-0.2, -0.15) is 5.10 Å². The second kappa shape index (κ2) is 11.9. The minimum absolute atomic E-state index is 0.299. The van der Waals surface area contributed by atoms with Crippen molar-refractivity contribution < 1.29 is 14.6 Å². The van der Waals surface area contributed by atoms with Crippen molar-refractivity contribution in [3.63, 3.8) is 0 Å². The number of benzene rings is 4. The number of aliphatic hydroxyl groups is 1. The summed E-state index contributed by atoms with van der Waals surface area (Å²) in [6.45, 7) is 0.299. The Kier molecular flexibility index (Phi) is 8.64. The number of carbonyl (C=O) groups is 1. The molecule has 0 saturated carbocycles. The Hall–Kier alpha value is -2.91. The molecule has 182 valence electrons. The van der Waals surface area contributed by atoms with E-state index in [1.807, 2.05) is 36.4 Å². The van der Waals surface area contributed by atoms with Gasteiger partial charge < -0.3 is 9.84 Å². The zero-order valence-electron chi connectivity index (χ0n) is 18.9. The van der Waals surface area contributed by atoms with Crippen LogP contribution in [0.2, 0.25) is 10.0 Å². The number of amides is 1. The number of ether oxygens (including phenoxy) is 1. The second-order valence-electron chi connectivity index (χ2n) is 7.86. The van der Waals surface area contributed by atoms with E-state index in [0.717, 1.165) is 14.7 Å². The smallest absolute Gasteiger partial charge is 0.281 e. The van der Waals surface area contributed by atoms with Gasteiger partial charge in [0.1, 0.15) is 12.4 Å². The standard InChI is InChI=1S/C28H21Cl2IN2O3/c29-23-13-12-20(24(30)16-23)18-36-26-14-11-19(15-25(26)31)17-32-33-27(34)28(35,21-7-3-1-4-8-21)22-9-5-2-6-10-22/h1-17,35H,18H2,(H,33,34)/b32-17+. The molecular weight excluding hydrogens is 610 g/mol. The van der Waals surface area contributed by atoms with E-state index in [1.54, 1.807) is 60.7 Å². The summed E-state index contributed by atoms with van der Waals surface area (Å²) in [5.41, 5.74) is 3.06. The third kappa shape index (κ3) is 6.07. The van der Waals surface area contributed by atoms with Crippen LogP contribution in [-0.2, 0) is 17.0 Å². The van der Waals surface area contributed by atoms with Gasteiger partial charge in [0, 0.05) is 15.6 Å². The zero-order valence-corrected chi connectivity index (χ0v) is 22.5. The van der Waals surface area contributed by atoms with E-state index < -0.39 is 11.5 Å². The van der Waals surface area contributed by atoms with Crippen LogP contribution >= 0.6 is 45.8 Å². The Balaban J connectivity index is 1.45. The monoisotopic (exact) mass is 630 g/mol. The Bertz CT molecular complexity index is 1340. The molecule has 36 heavy (non-hydrogen) atoms. The van der Waals surface area contributed by atoms with E-state index in [1.165, 1.54) is 6.21 Å². The largest absolute Gasteiger partial charge is 0.488 e. The number of nitrogens with one attached hydrogen (secondary N) is 1. The average molecular weight is 631 g/mol. The van der Waals surface area contributed by atoms with E-state index in [4.69, 9.17) is 27.9 Å². The minimum Gasteiger partial charge on any atom is -0.488 e. The predicted octanol–water partition coefficient (Wildman–Crippen LogP) is 6.56. The maximum absolute atomic E-state index is 13.1. The lowest BCUT2D eigenvalue weighted by molar-refractivity contribution is -0.136. The first-order valence-electron chi connectivity index (χ1n) is 10.9. The highest BCUT2D eigenvalue weighted by Gasteiger charge is 2.39. The fourth-order valence-corrected chi connectivity index (χ4v) is 4.70. The summed E-state index contributed by atoms with van der Waals surface area (Å²) in [5, 5.41) is 16.7. The molecule has 0 radical (unpaired) electrons. The number of carbonyl (C=O) groups excluding carboxylic acids is 1. The van der Waals surface area contributed by atoms with Gasteiger partial charge in [0.05, 0.1) is 9.78 Å². The number of hydrazone groups is 1. The average Bonchev–Trinajstić information content (AvgIpc) is 2.89. The molecule has 0 saturated heterocycles. The van der Waals surface area contributed by atoms with Crippen molar-refractivity contribution in [1.29, 1.82) is 0 Å². The number of hydrogen-bond donors (Lipinski definition) is 2. The zero-order chi connectivity index (χ0) is 25.5. The van der Waals surface area contributed by atoms with Gasteiger partial charge in [0.15, 0.2) is 5.60 Å². The van der Waals surface area contributed by atoms with E-state index in [0.29, 0.717) is 33.5 Å². The third-order valence-corrected chi connectivity index (χ3v) is 6.88. The van der Waals surface area contributed by atoms with Crippen LogP contribution in [0.5, 0.6) is 5.75 Å². The SMILES string of the molecule is O=C(N/N=C/c1ccc(OCc2ccc(Cl)cc2Cl)c(I)c1)C(O)(c1ccccc1)c1ccccc1. The van der Waals surface area contributed by atoms with Crippen LogP contribution in [0.25, 0.3) is 0 Å². The molecule has 0 unspecified atom stereocenters.